The number of carbonyl (C=O) groups is 5. The lowest BCUT2D eigenvalue weighted by Gasteiger charge is -2.54. The molecule has 0 aromatic heterocycles. The summed E-state index contributed by atoms with van der Waals surface area (Å²) in [6, 6.07) is 8.69. The minimum atomic E-state index is -1.74. The van der Waals surface area contributed by atoms with Crippen molar-refractivity contribution >= 4 is 29.7 Å². The van der Waals surface area contributed by atoms with E-state index in [0.717, 1.165) is 42.0 Å². The third kappa shape index (κ3) is 5.34. The quantitative estimate of drug-likeness (QED) is 0.411. The maximum atomic E-state index is 14.8. The molecule has 5 aliphatic rings. The smallest absolute Gasteiger partial charge is 0.325 e. The van der Waals surface area contributed by atoms with Crippen molar-refractivity contribution in [1.82, 2.24) is 25.3 Å². The second-order valence-corrected chi connectivity index (χ2v) is 12.8. The number of imide groups is 2. The summed E-state index contributed by atoms with van der Waals surface area (Å²) < 4.78 is 5.44. The monoisotopic (exact) mass is 605 g/mol. The standard InChI is InChI=1S/C33H43N5O6/c1-3-23-24-11-12-25-26(30(41)36(2)28(25)39)27(24)33(19-21-7-5-4-6-8-21,31(42)35-20-22-9-10-22)38(29(23)40)32(43)34-13-14-37-15-17-44-18-16-37/h4-8,22,25-27H,3,9-20H2,1-2H3,(H,34,43)(H,35,42)/t25-,26-,27+,33+/m1/s1. The minimum Gasteiger partial charge on any atom is -0.379 e. The van der Waals surface area contributed by atoms with Crippen molar-refractivity contribution in [2.24, 2.45) is 23.7 Å². The van der Waals surface area contributed by atoms with Crippen LogP contribution in [-0.4, -0.2) is 103 Å². The molecule has 4 fully saturated rings. The molecule has 0 unspecified atom stereocenters. The summed E-state index contributed by atoms with van der Waals surface area (Å²) in [7, 11) is 1.49. The van der Waals surface area contributed by atoms with Gasteiger partial charge in [0.05, 0.1) is 25.0 Å². The van der Waals surface area contributed by atoms with Gasteiger partial charge in [-0.15, -0.1) is 0 Å². The molecule has 0 bridgehead atoms. The Kier molecular flexibility index (Phi) is 8.61. The SMILES string of the molecule is CCC1=C2CC[C@H]3C(=O)N(C)C(=O)[C@H]3[C@H]2[C@@](Cc2ccccc2)(C(=O)NCC2CC2)N(C(=O)NCCN2CCOCC2)C1=O. The van der Waals surface area contributed by atoms with E-state index in [1.165, 1.54) is 11.9 Å². The van der Waals surface area contributed by atoms with E-state index in [1.807, 2.05) is 37.3 Å². The largest absolute Gasteiger partial charge is 0.379 e. The number of hydrogen-bond donors (Lipinski definition) is 2. The second-order valence-electron chi connectivity index (χ2n) is 12.8. The number of rotatable bonds is 9. The van der Waals surface area contributed by atoms with E-state index in [1.54, 1.807) is 0 Å². The molecule has 2 N–H and O–H groups in total. The minimum absolute atomic E-state index is 0.0343. The van der Waals surface area contributed by atoms with Crippen LogP contribution < -0.4 is 10.6 Å². The molecule has 4 atom stereocenters. The van der Waals surface area contributed by atoms with Crippen molar-refractivity contribution in [2.75, 3.05) is 53.0 Å². The number of hydrogen-bond acceptors (Lipinski definition) is 7. The van der Waals surface area contributed by atoms with Crippen LogP contribution >= 0.6 is 0 Å². The average Bonchev–Trinajstić information content (AvgIpc) is 3.84. The number of morpholine rings is 1. The fourth-order valence-corrected chi connectivity index (χ4v) is 7.79. The Morgan fingerprint density at radius 2 is 1.73 bits per heavy atom. The van der Waals surface area contributed by atoms with Crippen molar-refractivity contribution in [3.63, 3.8) is 0 Å². The van der Waals surface area contributed by atoms with Gasteiger partial charge in [-0.05, 0) is 43.6 Å². The van der Waals surface area contributed by atoms with Gasteiger partial charge in [-0.3, -0.25) is 29.0 Å². The summed E-state index contributed by atoms with van der Waals surface area (Å²) >= 11 is 0. The zero-order valence-electron chi connectivity index (χ0n) is 25.7. The van der Waals surface area contributed by atoms with Gasteiger partial charge < -0.3 is 15.4 Å². The third-order valence-corrected chi connectivity index (χ3v) is 10.2. The summed E-state index contributed by atoms with van der Waals surface area (Å²) in [6.45, 7) is 5.90. The average molecular weight is 606 g/mol. The highest BCUT2D eigenvalue weighted by molar-refractivity contribution is 6.12. The van der Waals surface area contributed by atoms with E-state index in [0.29, 0.717) is 57.1 Å². The number of nitrogens with one attached hydrogen (secondary N) is 2. The summed E-state index contributed by atoms with van der Waals surface area (Å²) in [5.74, 6) is -3.48. The van der Waals surface area contributed by atoms with Crippen molar-refractivity contribution in [1.29, 1.82) is 0 Å². The van der Waals surface area contributed by atoms with Gasteiger partial charge >= 0.3 is 6.03 Å². The molecule has 11 heteroatoms. The fourth-order valence-electron chi connectivity index (χ4n) is 7.79. The normalized spacial score (nSPS) is 29.0. The second kappa shape index (κ2) is 12.4. The Balaban J connectivity index is 1.47. The molecule has 11 nitrogen and oxygen atoms in total. The van der Waals surface area contributed by atoms with Crippen molar-refractivity contribution in [3.05, 3.63) is 47.0 Å². The number of nitrogens with zero attached hydrogens (tertiary/aromatic N) is 3. The molecule has 0 radical (unpaired) electrons. The van der Waals surface area contributed by atoms with Gasteiger partial charge in [0, 0.05) is 57.7 Å². The molecular weight excluding hydrogens is 562 g/mol. The number of carbonyl (C=O) groups excluding carboxylic acids is 5. The number of benzene rings is 1. The molecule has 6 amide bonds. The number of likely N-dealkylation sites (tertiary alicyclic amines) is 1. The van der Waals surface area contributed by atoms with E-state index in [2.05, 4.69) is 15.5 Å². The van der Waals surface area contributed by atoms with Crippen LogP contribution in [0.2, 0.25) is 0 Å². The van der Waals surface area contributed by atoms with Crippen molar-refractivity contribution in [3.8, 4) is 0 Å². The van der Waals surface area contributed by atoms with E-state index in [4.69, 9.17) is 4.74 Å². The van der Waals surface area contributed by atoms with Crippen LogP contribution in [0.25, 0.3) is 0 Å². The van der Waals surface area contributed by atoms with Crippen LogP contribution in [-0.2, 0) is 30.3 Å². The molecule has 2 saturated heterocycles. The van der Waals surface area contributed by atoms with Crippen molar-refractivity contribution in [2.45, 2.75) is 51.0 Å². The van der Waals surface area contributed by atoms with Gasteiger partial charge in [0.15, 0.2) is 0 Å². The molecule has 3 aliphatic heterocycles. The number of urea groups is 1. The molecule has 2 saturated carbocycles. The Hall–Kier alpha value is -3.57. The van der Waals surface area contributed by atoms with Crippen LogP contribution in [0.4, 0.5) is 4.79 Å². The van der Waals surface area contributed by atoms with Gasteiger partial charge in [-0.25, -0.2) is 9.69 Å². The Labute approximate surface area is 258 Å². The van der Waals surface area contributed by atoms with E-state index < -0.39 is 41.1 Å². The summed E-state index contributed by atoms with van der Waals surface area (Å²) in [5, 5.41) is 6.05. The van der Waals surface area contributed by atoms with E-state index >= 15 is 0 Å². The molecule has 1 aromatic carbocycles. The molecule has 3 heterocycles. The van der Waals surface area contributed by atoms with E-state index in [9.17, 15) is 24.0 Å². The summed E-state index contributed by atoms with van der Waals surface area (Å²) in [6.07, 6.45) is 3.25. The summed E-state index contributed by atoms with van der Waals surface area (Å²) in [5.41, 5.74) is 0.226. The first-order valence-corrected chi connectivity index (χ1v) is 16.1. The number of ether oxygens (including phenoxy) is 1. The van der Waals surface area contributed by atoms with Gasteiger partial charge in [0.1, 0.15) is 5.54 Å². The molecule has 0 spiro atoms. The van der Waals surface area contributed by atoms with E-state index in [-0.39, 0.29) is 24.8 Å². The highest BCUT2D eigenvalue weighted by atomic mass is 16.5. The van der Waals surface area contributed by atoms with Crippen LogP contribution in [0.3, 0.4) is 0 Å². The highest BCUT2D eigenvalue weighted by Crippen LogP contribution is 2.55. The lowest BCUT2D eigenvalue weighted by Crippen LogP contribution is -2.73. The lowest BCUT2D eigenvalue weighted by atomic mass is 9.57. The Bertz CT molecular complexity index is 1350. The number of amides is 6. The first kappa shape index (κ1) is 30.5. The maximum absolute atomic E-state index is 14.8. The topological polar surface area (TPSA) is 128 Å². The fraction of sp³-hybridized carbons (Fsp3) is 0.606. The van der Waals surface area contributed by atoms with Crippen molar-refractivity contribution < 1.29 is 28.7 Å². The predicted octanol–water partition coefficient (Wildman–Crippen LogP) is 1.73. The summed E-state index contributed by atoms with van der Waals surface area (Å²) in [4.78, 5) is 75.3. The van der Waals surface area contributed by atoms with Crippen LogP contribution in [0.5, 0.6) is 0 Å². The predicted molar refractivity (Wildman–Crippen MR) is 161 cm³/mol. The molecule has 44 heavy (non-hydrogen) atoms. The van der Waals surface area contributed by atoms with Crippen LogP contribution in [0, 0.1) is 23.7 Å². The van der Waals surface area contributed by atoms with Crippen LogP contribution in [0.15, 0.2) is 41.5 Å². The first-order valence-electron chi connectivity index (χ1n) is 16.1. The zero-order chi connectivity index (χ0) is 31.0. The van der Waals surface area contributed by atoms with Gasteiger partial charge in [-0.2, -0.15) is 0 Å². The zero-order valence-corrected chi connectivity index (χ0v) is 25.7. The van der Waals surface area contributed by atoms with Gasteiger partial charge in [-0.1, -0.05) is 42.8 Å². The van der Waals surface area contributed by atoms with Gasteiger partial charge in [0.2, 0.25) is 17.7 Å². The first-order chi connectivity index (χ1) is 21.3. The van der Waals surface area contributed by atoms with Gasteiger partial charge in [0.25, 0.3) is 5.91 Å². The lowest BCUT2D eigenvalue weighted by molar-refractivity contribution is -0.151. The molecular formula is C33H43N5O6. The molecule has 236 valence electrons. The highest BCUT2D eigenvalue weighted by Gasteiger charge is 2.67. The molecule has 6 rings (SSSR count). The Morgan fingerprint density at radius 3 is 2.41 bits per heavy atom. The third-order valence-electron chi connectivity index (χ3n) is 10.2. The maximum Gasteiger partial charge on any atom is 0.325 e. The number of fused-ring (bicyclic) bond motifs is 3. The Morgan fingerprint density at radius 1 is 1.00 bits per heavy atom. The van der Waals surface area contributed by atoms with Crippen LogP contribution in [0.1, 0.15) is 44.6 Å². The molecule has 2 aliphatic carbocycles. The molecule has 1 aromatic rings.